The number of carboxylic acids is 1. The van der Waals surface area contributed by atoms with E-state index in [-0.39, 0.29) is 17.9 Å². The molecule has 0 saturated carbocycles. The summed E-state index contributed by atoms with van der Waals surface area (Å²) >= 11 is 1.15. The number of hydrogen-bond acceptors (Lipinski definition) is 6. The molecule has 8 nitrogen and oxygen atoms in total. The van der Waals surface area contributed by atoms with Crippen LogP contribution >= 0.6 is 11.3 Å². The minimum absolute atomic E-state index is 0.0360. The summed E-state index contributed by atoms with van der Waals surface area (Å²) in [6.45, 7) is 8.89. The molecular formula is C18H24N4O4S. The minimum atomic E-state index is -0.909. The van der Waals surface area contributed by atoms with Crippen LogP contribution in [-0.4, -0.2) is 37.3 Å². The highest BCUT2D eigenvalue weighted by Gasteiger charge is 2.26. The number of aromatic nitrogens is 3. The van der Waals surface area contributed by atoms with Gasteiger partial charge in [0.05, 0.1) is 17.0 Å². The molecule has 2 aromatic rings. The van der Waals surface area contributed by atoms with Crippen molar-refractivity contribution in [3.8, 4) is 10.6 Å². The predicted molar refractivity (Wildman–Crippen MR) is 103 cm³/mol. The van der Waals surface area contributed by atoms with E-state index in [0.29, 0.717) is 27.6 Å². The highest BCUT2D eigenvalue weighted by atomic mass is 32.1. The average Bonchev–Trinajstić information content (AvgIpc) is 2.93. The van der Waals surface area contributed by atoms with Gasteiger partial charge < -0.3 is 10.4 Å². The molecule has 0 fully saturated rings. The minimum Gasteiger partial charge on any atom is -0.481 e. The molecule has 0 aromatic carbocycles. The van der Waals surface area contributed by atoms with Crippen LogP contribution in [0.3, 0.4) is 0 Å². The van der Waals surface area contributed by atoms with Gasteiger partial charge in [0.2, 0.25) is 0 Å². The third kappa shape index (κ3) is 4.60. The van der Waals surface area contributed by atoms with Crippen molar-refractivity contribution >= 4 is 23.2 Å². The molecule has 0 spiro atoms. The van der Waals surface area contributed by atoms with E-state index in [9.17, 15) is 14.4 Å². The molecule has 2 aromatic heterocycles. The summed E-state index contributed by atoms with van der Waals surface area (Å²) in [7, 11) is 1.58. The van der Waals surface area contributed by atoms with Crippen molar-refractivity contribution in [1.82, 2.24) is 20.1 Å². The lowest BCUT2D eigenvalue weighted by molar-refractivity contribution is -0.137. The first kappa shape index (κ1) is 20.8. The van der Waals surface area contributed by atoms with Gasteiger partial charge in [-0.05, 0) is 46.6 Å². The Labute approximate surface area is 161 Å². The summed E-state index contributed by atoms with van der Waals surface area (Å²) in [4.78, 5) is 40.8. The van der Waals surface area contributed by atoms with Gasteiger partial charge in [0.15, 0.2) is 0 Å². The van der Waals surface area contributed by atoms with Crippen LogP contribution < -0.4 is 10.9 Å². The fraction of sp³-hybridized carbons (Fsp3) is 0.500. The Morgan fingerprint density at radius 3 is 2.44 bits per heavy atom. The molecule has 0 aliphatic heterocycles. The number of nitrogens with zero attached hydrogens (tertiary/aromatic N) is 3. The average molecular weight is 392 g/mol. The highest BCUT2D eigenvalue weighted by molar-refractivity contribution is 7.17. The molecule has 0 unspecified atom stereocenters. The van der Waals surface area contributed by atoms with Crippen molar-refractivity contribution in [3.63, 3.8) is 0 Å². The Kier molecular flexibility index (Phi) is 5.84. The molecule has 2 N–H and O–H groups in total. The lowest BCUT2D eigenvalue weighted by Gasteiger charge is -2.25. The first-order valence-electron chi connectivity index (χ1n) is 8.49. The van der Waals surface area contributed by atoms with Gasteiger partial charge in [0.1, 0.15) is 9.88 Å². The van der Waals surface area contributed by atoms with Crippen molar-refractivity contribution in [2.75, 3.05) is 0 Å². The number of thiazole rings is 1. The van der Waals surface area contributed by atoms with E-state index in [0.717, 1.165) is 22.6 Å². The zero-order valence-corrected chi connectivity index (χ0v) is 17.2. The summed E-state index contributed by atoms with van der Waals surface area (Å²) in [5.74, 6) is -1.24. The molecule has 0 bridgehead atoms. The Hall–Kier alpha value is -2.55. The molecule has 0 atom stereocenters. The van der Waals surface area contributed by atoms with Gasteiger partial charge in [0, 0.05) is 19.0 Å². The van der Waals surface area contributed by atoms with Crippen molar-refractivity contribution in [2.24, 2.45) is 7.05 Å². The van der Waals surface area contributed by atoms with Gasteiger partial charge in [-0.25, -0.2) is 9.67 Å². The van der Waals surface area contributed by atoms with Gasteiger partial charge in [-0.3, -0.25) is 14.4 Å². The lowest BCUT2D eigenvalue weighted by atomic mass is 9.98. The molecule has 146 valence electrons. The summed E-state index contributed by atoms with van der Waals surface area (Å²) in [6, 6.07) is 0. The van der Waals surface area contributed by atoms with Gasteiger partial charge in [-0.15, -0.1) is 11.3 Å². The van der Waals surface area contributed by atoms with E-state index in [1.807, 2.05) is 13.8 Å². The van der Waals surface area contributed by atoms with Crippen molar-refractivity contribution in [1.29, 1.82) is 0 Å². The predicted octanol–water partition coefficient (Wildman–Crippen LogP) is 2.20. The monoisotopic (exact) mass is 392 g/mol. The van der Waals surface area contributed by atoms with Crippen LogP contribution in [0.15, 0.2) is 4.79 Å². The topological polar surface area (TPSA) is 114 Å². The number of aliphatic carboxylic acids is 1. The Bertz CT molecular complexity index is 959. The largest absolute Gasteiger partial charge is 0.481 e. The van der Waals surface area contributed by atoms with E-state index in [4.69, 9.17) is 5.11 Å². The number of amides is 1. The number of hydrogen-bond donors (Lipinski definition) is 2. The van der Waals surface area contributed by atoms with Gasteiger partial charge >= 0.3 is 5.97 Å². The molecular weight excluding hydrogens is 368 g/mol. The molecule has 2 heterocycles. The van der Waals surface area contributed by atoms with Gasteiger partial charge in [0.25, 0.3) is 11.5 Å². The molecule has 0 aliphatic rings. The van der Waals surface area contributed by atoms with Crippen LogP contribution in [0.4, 0.5) is 0 Å². The second-order valence-corrected chi connectivity index (χ2v) is 8.18. The lowest BCUT2D eigenvalue weighted by Crippen LogP contribution is -2.43. The number of rotatable bonds is 6. The number of carbonyl (C=O) groups excluding carboxylic acids is 1. The molecule has 27 heavy (non-hydrogen) atoms. The van der Waals surface area contributed by atoms with Crippen LogP contribution in [0.1, 0.15) is 53.3 Å². The maximum Gasteiger partial charge on any atom is 0.303 e. The van der Waals surface area contributed by atoms with Gasteiger partial charge in [-0.2, -0.15) is 5.10 Å². The maximum atomic E-state index is 12.7. The van der Waals surface area contributed by atoms with Crippen LogP contribution in [-0.2, 0) is 11.8 Å². The maximum absolute atomic E-state index is 12.7. The van der Waals surface area contributed by atoms with Crippen molar-refractivity contribution in [2.45, 2.75) is 53.0 Å². The first-order valence-corrected chi connectivity index (χ1v) is 9.31. The van der Waals surface area contributed by atoms with Crippen molar-refractivity contribution in [3.05, 3.63) is 32.2 Å². The quantitative estimate of drug-likeness (QED) is 0.779. The smallest absolute Gasteiger partial charge is 0.303 e. The third-order valence-corrected chi connectivity index (χ3v) is 5.53. The van der Waals surface area contributed by atoms with Crippen LogP contribution in [0, 0.1) is 20.8 Å². The van der Waals surface area contributed by atoms with E-state index < -0.39 is 11.5 Å². The normalized spacial score (nSPS) is 11.5. The second-order valence-electron chi connectivity index (χ2n) is 7.18. The summed E-state index contributed by atoms with van der Waals surface area (Å²) in [5, 5.41) is 16.3. The zero-order valence-electron chi connectivity index (χ0n) is 16.3. The van der Waals surface area contributed by atoms with Crippen LogP contribution in [0.5, 0.6) is 0 Å². The van der Waals surface area contributed by atoms with Crippen LogP contribution in [0.2, 0.25) is 0 Å². The summed E-state index contributed by atoms with van der Waals surface area (Å²) in [5.41, 5.74) is 1.49. The van der Waals surface area contributed by atoms with E-state index in [2.05, 4.69) is 15.4 Å². The Morgan fingerprint density at radius 1 is 1.22 bits per heavy atom. The number of carboxylic acid groups (broad SMARTS) is 1. The van der Waals surface area contributed by atoms with Crippen LogP contribution in [0.25, 0.3) is 10.6 Å². The first-order chi connectivity index (χ1) is 12.4. The van der Waals surface area contributed by atoms with E-state index in [1.165, 1.54) is 4.68 Å². The van der Waals surface area contributed by atoms with Crippen molar-refractivity contribution < 1.29 is 14.7 Å². The zero-order chi connectivity index (χ0) is 20.5. The summed E-state index contributed by atoms with van der Waals surface area (Å²) in [6.07, 6.45) is 0.272. The third-order valence-electron chi connectivity index (χ3n) is 4.36. The fourth-order valence-electron chi connectivity index (χ4n) is 2.66. The van der Waals surface area contributed by atoms with E-state index >= 15 is 0 Å². The van der Waals surface area contributed by atoms with Gasteiger partial charge in [-0.1, -0.05) is 0 Å². The molecule has 0 saturated heterocycles. The molecule has 2 rings (SSSR count). The number of nitrogens with one attached hydrogen (secondary N) is 1. The fourth-order valence-corrected chi connectivity index (χ4v) is 3.72. The second kappa shape index (κ2) is 7.59. The Balaban J connectivity index is 2.36. The summed E-state index contributed by atoms with van der Waals surface area (Å²) < 4.78 is 1.27. The highest BCUT2D eigenvalue weighted by Crippen LogP contribution is 2.29. The molecule has 0 aliphatic carbocycles. The molecule has 9 heteroatoms. The molecule has 1 amide bonds. The Morgan fingerprint density at radius 2 is 1.85 bits per heavy atom. The number of carbonyl (C=O) groups is 2. The standard InChI is InChI=1S/C18H24N4O4S/c1-9-10(2)21-22(6)17(26)13(9)16-19-11(3)14(27-16)15(25)20-18(4,5)8-7-12(23)24/h7-8H2,1-6H3,(H,20,25)(H,23,24). The molecule has 0 radical (unpaired) electrons. The SMILES string of the molecule is Cc1nc(-c2c(C)c(C)nn(C)c2=O)sc1C(=O)NC(C)(C)CCC(=O)O. The number of aryl methyl sites for hydroxylation is 3. The van der Waals surface area contributed by atoms with E-state index in [1.54, 1.807) is 27.8 Å².